The highest BCUT2D eigenvalue weighted by Gasteiger charge is 2.06. The summed E-state index contributed by atoms with van der Waals surface area (Å²) >= 11 is 1.38. The zero-order valence-corrected chi connectivity index (χ0v) is 17.1. The lowest BCUT2D eigenvalue weighted by molar-refractivity contribution is -0.118. The first kappa shape index (κ1) is 19.8. The summed E-state index contributed by atoms with van der Waals surface area (Å²) < 4.78 is 1.81. The minimum atomic E-state index is -0.00369. The molecule has 1 N–H and O–H groups in total. The Bertz CT molecular complexity index is 1070. The average Bonchev–Trinajstić information content (AvgIpc) is 3.34. The van der Waals surface area contributed by atoms with Gasteiger partial charge in [0, 0.05) is 24.5 Å². The second-order valence-electron chi connectivity index (χ2n) is 6.63. The number of nitrogens with one attached hydrogen (secondary N) is 1. The minimum absolute atomic E-state index is 0.00369. The Balaban J connectivity index is 1.26. The average molecular weight is 416 g/mol. The van der Waals surface area contributed by atoms with Crippen LogP contribution in [0.3, 0.4) is 0 Å². The number of hydrogen-bond acceptors (Lipinski definition) is 5. The first-order valence-electron chi connectivity index (χ1n) is 9.65. The van der Waals surface area contributed by atoms with Crippen molar-refractivity contribution in [3.05, 3.63) is 90.8 Å². The molecule has 0 aliphatic carbocycles. The third kappa shape index (κ3) is 5.33. The van der Waals surface area contributed by atoms with Gasteiger partial charge in [-0.25, -0.2) is 4.68 Å². The molecule has 150 valence electrons. The maximum absolute atomic E-state index is 12.0. The van der Waals surface area contributed by atoms with E-state index in [1.807, 2.05) is 66.9 Å². The highest BCUT2D eigenvalue weighted by molar-refractivity contribution is 7.99. The SMILES string of the molecule is O=C(CSc1ccc(-c2ccc(-n3cccn3)cc2)nn1)NCCc1ccccc1. The third-order valence-corrected chi connectivity index (χ3v) is 5.42. The summed E-state index contributed by atoms with van der Waals surface area (Å²) in [7, 11) is 0. The summed E-state index contributed by atoms with van der Waals surface area (Å²) in [5.74, 6) is 0.317. The van der Waals surface area contributed by atoms with Gasteiger partial charge < -0.3 is 5.32 Å². The number of benzene rings is 2. The highest BCUT2D eigenvalue weighted by atomic mass is 32.2. The van der Waals surface area contributed by atoms with Crippen LogP contribution in [-0.2, 0) is 11.2 Å². The van der Waals surface area contributed by atoms with Gasteiger partial charge >= 0.3 is 0 Å². The molecule has 1 amide bonds. The molecule has 0 saturated heterocycles. The van der Waals surface area contributed by atoms with Crippen molar-refractivity contribution in [2.24, 2.45) is 0 Å². The summed E-state index contributed by atoms with van der Waals surface area (Å²) in [5.41, 5.74) is 3.97. The second-order valence-corrected chi connectivity index (χ2v) is 7.62. The van der Waals surface area contributed by atoms with Crippen LogP contribution in [0.15, 0.2) is 90.2 Å². The topological polar surface area (TPSA) is 72.7 Å². The normalized spacial score (nSPS) is 10.7. The van der Waals surface area contributed by atoms with Crippen molar-refractivity contribution in [3.63, 3.8) is 0 Å². The Kier molecular flexibility index (Phi) is 6.51. The van der Waals surface area contributed by atoms with Crippen molar-refractivity contribution in [3.8, 4) is 16.9 Å². The molecule has 0 aliphatic rings. The first-order chi connectivity index (χ1) is 14.8. The van der Waals surface area contributed by atoms with Gasteiger partial charge in [0.1, 0.15) is 5.03 Å². The van der Waals surface area contributed by atoms with Gasteiger partial charge in [0.25, 0.3) is 0 Å². The first-order valence-corrected chi connectivity index (χ1v) is 10.6. The Morgan fingerprint density at radius 3 is 2.47 bits per heavy atom. The monoisotopic (exact) mass is 415 g/mol. The number of carbonyl (C=O) groups is 1. The summed E-state index contributed by atoms with van der Waals surface area (Å²) in [6, 6.07) is 23.8. The van der Waals surface area contributed by atoms with Crippen LogP contribution in [0.25, 0.3) is 16.9 Å². The molecule has 7 heteroatoms. The summed E-state index contributed by atoms with van der Waals surface area (Å²) in [6.07, 6.45) is 4.48. The van der Waals surface area contributed by atoms with E-state index in [2.05, 4.69) is 32.7 Å². The number of carbonyl (C=O) groups excluding carboxylic acids is 1. The summed E-state index contributed by atoms with van der Waals surface area (Å²) in [4.78, 5) is 12.0. The van der Waals surface area contributed by atoms with E-state index in [1.165, 1.54) is 17.3 Å². The molecule has 0 bridgehead atoms. The van der Waals surface area contributed by atoms with Crippen LogP contribution < -0.4 is 5.32 Å². The molecular weight excluding hydrogens is 394 g/mol. The second kappa shape index (κ2) is 9.84. The molecule has 0 aliphatic heterocycles. The Hall–Kier alpha value is -3.45. The van der Waals surface area contributed by atoms with E-state index in [0.29, 0.717) is 12.3 Å². The van der Waals surface area contributed by atoms with Crippen molar-refractivity contribution in [1.29, 1.82) is 0 Å². The Labute approximate surface area is 179 Å². The quantitative estimate of drug-likeness (QED) is 0.444. The van der Waals surface area contributed by atoms with Crippen LogP contribution in [-0.4, -0.2) is 38.2 Å². The van der Waals surface area contributed by atoms with Gasteiger partial charge in [-0.1, -0.05) is 54.2 Å². The highest BCUT2D eigenvalue weighted by Crippen LogP contribution is 2.21. The van der Waals surface area contributed by atoms with E-state index in [9.17, 15) is 4.79 Å². The molecule has 6 nitrogen and oxygen atoms in total. The molecular formula is C23H21N5OS. The van der Waals surface area contributed by atoms with Crippen LogP contribution in [0.4, 0.5) is 0 Å². The Morgan fingerprint density at radius 1 is 0.933 bits per heavy atom. The van der Waals surface area contributed by atoms with Crippen LogP contribution in [0.1, 0.15) is 5.56 Å². The molecule has 4 aromatic rings. The standard InChI is InChI=1S/C23H21N5OS/c29-22(24-15-13-18-5-2-1-3-6-18)17-30-23-12-11-21(26-27-23)19-7-9-20(10-8-19)28-16-4-14-25-28/h1-12,14,16H,13,15,17H2,(H,24,29). The largest absolute Gasteiger partial charge is 0.355 e. The maximum Gasteiger partial charge on any atom is 0.230 e. The predicted molar refractivity (Wildman–Crippen MR) is 118 cm³/mol. The van der Waals surface area contributed by atoms with Gasteiger partial charge in [-0.15, -0.1) is 10.2 Å². The van der Waals surface area contributed by atoms with Crippen LogP contribution in [0.5, 0.6) is 0 Å². The van der Waals surface area contributed by atoms with Gasteiger partial charge in [0.15, 0.2) is 0 Å². The number of nitrogens with zero attached hydrogens (tertiary/aromatic N) is 4. The molecule has 2 aromatic heterocycles. The lowest BCUT2D eigenvalue weighted by atomic mass is 10.1. The zero-order valence-electron chi connectivity index (χ0n) is 16.3. The smallest absolute Gasteiger partial charge is 0.230 e. The number of amides is 1. The van der Waals surface area contributed by atoms with Crippen molar-refractivity contribution in [2.75, 3.05) is 12.3 Å². The minimum Gasteiger partial charge on any atom is -0.355 e. The van der Waals surface area contributed by atoms with Crippen LogP contribution in [0, 0.1) is 0 Å². The molecule has 2 aromatic carbocycles. The van der Waals surface area contributed by atoms with Gasteiger partial charge in [-0.3, -0.25) is 4.79 Å². The van der Waals surface area contributed by atoms with E-state index in [0.717, 1.165) is 28.4 Å². The molecule has 30 heavy (non-hydrogen) atoms. The van der Waals surface area contributed by atoms with Crippen LogP contribution in [0.2, 0.25) is 0 Å². The summed E-state index contributed by atoms with van der Waals surface area (Å²) in [6.45, 7) is 0.628. The number of rotatable bonds is 8. The molecule has 0 spiro atoms. The van der Waals surface area contributed by atoms with Gasteiger partial charge in [-0.2, -0.15) is 5.10 Å². The fraction of sp³-hybridized carbons (Fsp3) is 0.130. The maximum atomic E-state index is 12.0. The van der Waals surface area contributed by atoms with E-state index < -0.39 is 0 Å². The fourth-order valence-corrected chi connectivity index (χ4v) is 3.58. The van der Waals surface area contributed by atoms with Gasteiger partial charge in [-0.05, 0) is 42.3 Å². The van der Waals surface area contributed by atoms with Crippen molar-refractivity contribution in [2.45, 2.75) is 11.4 Å². The predicted octanol–water partition coefficient (Wildman–Crippen LogP) is 3.78. The molecule has 0 saturated carbocycles. The lowest BCUT2D eigenvalue weighted by Crippen LogP contribution is -2.27. The molecule has 2 heterocycles. The Morgan fingerprint density at radius 2 is 1.77 bits per heavy atom. The molecule has 0 unspecified atom stereocenters. The number of hydrogen-bond donors (Lipinski definition) is 1. The lowest BCUT2D eigenvalue weighted by Gasteiger charge is -2.06. The van der Waals surface area contributed by atoms with Crippen molar-refractivity contribution in [1.82, 2.24) is 25.3 Å². The van der Waals surface area contributed by atoms with Gasteiger partial charge in [0.05, 0.1) is 17.1 Å². The fourth-order valence-electron chi connectivity index (χ4n) is 2.94. The van der Waals surface area contributed by atoms with Gasteiger partial charge in [0.2, 0.25) is 5.91 Å². The zero-order chi connectivity index (χ0) is 20.6. The van der Waals surface area contributed by atoms with E-state index in [4.69, 9.17) is 0 Å². The molecule has 0 atom stereocenters. The molecule has 0 fully saturated rings. The molecule has 4 rings (SSSR count). The third-order valence-electron chi connectivity index (χ3n) is 4.50. The number of thioether (sulfide) groups is 1. The van der Waals surface area contributed by atoms with E-state index >= 15 is 0 Å². The van der Waals surface area contributed by atoms with E-state index in [1.54, 1.807) is 10.9 Å². The summed E-state index contributed by atoms with van der Waals surface area (Å²) in [5, 5.41) is 16.4. The van der Waals surface area contributed by atoms with Crippen LogP contribution >= 0.6 is 11.8 Å². The number of aromatic nitrogens is 4. The van der Waals surface area contributed by atoms with Crippen molar-refractivity contribution < 1.29 is 4.79 Å². The van der Waals surface area contributed by atoms with Crippen molar-refractivity contribution >= 4 is 17.7 Å². The van der Waals surface area contributed by atoms with E-state index in [-0.39, 0.29) is 5.91 Å². The molecule has 0 radical (unpaired) electrons.